The number of allylic oxidation sites excluding steroid dienone is 1. The van der Waals surface area contributed by atoms with Crippen LogP contribution in [0.3, 0.4) is 0 Å². The molecule has 0 aromatic heterocycles. The molecule has 0 fully saturated rings. The van der Waals surface area contributed by atoms with E-state index in [1.54, 1.807) is 48.5 Å². The molecule has 0 bridgehead atoms. The zero-order chi connectivity index (χ0) is 20.0. The van der Waals surface area contributed by atoms with E-state index in [0.29, 0.717) is 17.9 Å². The van der Waals surface area contributed by atoms with Crippen LogP contribution in [0.25, 0.3) is 6.08 Å². The predicted molar refractivity (Wildman–Crippen MR) is 109 cm³/mol. The molecule has 0 amide bonds. The first kappa shape index (κ1) is 19.4. The average Bonchev–Trinajstić information content (AvgIpc) is 2.73. The molecule has 0 N–H and O–H groups in total. The summed E-state index contributed by atoms with van der Waals surface area (Å²) in [6, 6.07) is 24.8. The highest BCUT2D eigenvalue weighted by atomic mass is 32.2. The Morgan fingerprint density at radius 2 is 1.61 bits per heavy atom. The van der Waals surface area contributed by atoms with Crippen molar-refractivity contribution in [2.45, 2.75) is 18.4 Å². The quantitative estimate of drug-likeness (QED) is 0.562. The third kappa shape index (κ3) is 4.67. The van der Waals surface area contributed by atoms with Crippen molar-refractivity contribution in [1.29, 1.82) is 5.26 Å². The van der Waals surface area contributed by atoms with Crippen LogP contribution in [0.5, 0.6) is 5.75 Å². The number of benzene rings is 3. The molecular formula is C23H19NO3S. The van der Waals surface area contributed by atoms with E-state index in [9.17, 15) is 13.7 Å². The first-order chi connectivity index (χ1) is 13.5. The minimum atomic E-state index is -3.84. The molecule has 0 unspecified atom stereocenters. The lowest BCUT2D eigenvalue weighted by molar-refractivity contribution is 0.306. The molecule has 0 aliphatic heterocycles. The molecule has 140 valence electrons. The Morgan fingerprint density at radius 3 is 2.21 bits per heavy atom. The fraction of sp³-hybridized carbons (Fsp3) is 0.0870. The Bertz CT molecular complexity index is 1110. The van der Waals surface area contributed by atoms with Gasteiger partial charge in [-0.05, 0) is 48.4 Å². The maximum atomic E-state index is 12.6. The van der Waals surface area contributed by atoms with Crippen molar-refractivity contribution in [1.82, 2.24) is 0 Å². The summed E-state index contributed by atoms with van der Waals surface area (Å²) < 4.78 is 31.0. The largest absolute Gasteiger partial charge is 0.489 e. The summed E-state index contributed by atoms with van der Waals surface area (Å²) in [6.45, 7) is 2.48. The Morgan fingerprint density at radius 1 is 0.964 bits per heavy atom. The summed E-state index contributed by atoms with van der Waals surface area (Å²) in [5, 5.41) is 9.35. The van der Waals surface area contributed by atoms with Crippen molar-refractivity contribution >= 4 is 15.9 Å². The molecule has 5 heteroatoms. The number of nitrogens with zero attached hydrogens (tertiary/aromatic N) is 1. The van der Waals surface area contributed by atoms with Crippen LogP contribution in [0.4, 0.5) is 0 Å². The van der Waals surface area contributed by atoms with E-state index in [-0.39, 0.29) is 9.80 Å². The Kier molecular flexibility index (Phi) is 5.93. The first-order valence-electron chi connectivity index (χ1n) is 8.69. The summed E-state index contributed by atoms with van der Waals surface area (Å²) in [5.74, 6) is 0.669. The number of nitriles is 1. The van der Waals surface area contributed by atoms with E-state index >= 15 is 0 Å². The molecule has 0 heterocycles. The summed E-state index contributed by atoms with van der Waals surface area (Å²) in [5.41, 5.74) is 2.87. The molecule has 4 nitrogen and oxygen atoms in total. The van der Waals surface area contributed by atoms with Crippen LogP contribution in [-0.2, 0) is 16.4 Å². The Hall–Kier alpha value is -3.36. The Balaban J connectivity index is 1.75. The van der Waals surface area contributed by atoms with E-state index in [2.05, 4.69) is 0 Å². The van der Waals surface area contributed by atoms with E-state index < -0.39 is 9.84 Å². The minimum Gasteiger partial charge on any atom is -0.489 e. The van der Waals surface area contributed by atoms with Gasteiger partial charge < -0.3 is 4.74 Å². The average molecular weight is 389 g/mol. The maximum absolute atomic E-state index is 12.6. The fourth-order valence-corrected chi connectivity index (χ4v) is 3.74. The van der Waals surface area contributed by atoms with Crippen molar-refractivity contribution in [3.8, 4) is 11.8 Å². The van der Waals surface area contributed by atoms with Crippen LogP contribution in [-0.4, -0.2) is 8.42 Å². The second-order valence-corrected chi connectivity index (χ2v) is 8.20. The molecule has 28 heavy (non-hydrogen) atoms. The van der Waals surface area contributed by atoms with Crippen LogP contribution in [0.1, 0.15) is 16.7 Å². The highest BCUT2D eigenvalue weighted by Gasteiger charge is 2.20. The van der Waals surface area contributed by atoms with E-state index in [0.717, 1.165) is 5.56 Å². The van der Waals surface area contributed by atoms with Crippen molar-refractivity contribution in [3.05, 3.63) is 100 Å². The number of ether oxygens (including phenoxy) is 1. The van der Waals surface area contributed by atoms with E-state index in [1.807, 2.05) is 31.2 Å². The highest BCUT2D eigenvalue weighted by Crippen LogP contribution is 2.22. The van der Waals surface area contributed by atoms with Gasteiger partial charge in [0.05, 0.1) is 4.90 Å². The van der Waals surface area contributed by atoms with Crippen molar-refractivity contribution in [3.63, 3.8) is 0 Å². The second-order valence-electron chi connectivity index (χ2n) is 6.28. The molecule has 3 aromatic rings. The molecule has 0 saturated heterocycles. The van der Waals surface area contributed by atoms with Crippen LogP contribution >= 0.6 is 0 Å². The fourth-order valence-electron chi connectivity index (χ4n) is 2.56. The molecule has 0 saturated carbocycles. The third-order valence-electron chi connectivity index (χ3n) is 4.16. The predicted octanol–water partition coefficient (Wildman–Crippen LogP) is 4.91. The lowest BCUT2D eigenvalue weighted by Gasteiger charge is -2.07. The number of sulfone groups is 1. The number of aryl methyl sites for hydroxylation is 1. The smallest absolute Gasteiger partial charge is 0.216 e. The van der Waals surface area contributed by atoms with Crippen LogP contribution in [0.2, 0.25) is 0 Å². The van der Waals surface area contributed by atoms with Gasteiger partial charge in [-0.3, -0.25) is 0 Å². The third-order valence-corrected chi connectivity index (χ3v) is 5.84. The second kappa shape index (κ2) is 8.55. The monoisotopic (exact) mass is 389 g/mol. The number of rotatable bonds is 6. The molecule has 0 aliphatic carbocycles. The van der Waals surface area contributed by atoms with Crippen molar-refractivity contribution < 1.29 is 13.2 Å². The van der Waals surface area contributed by atoms with Gasteiger partial charge in [0.2, 0.25) is 9.84 Å². The molecule has 3 aromatic carbocycles. The molecule has 3 rings (SSSR count). The molecule has 0 aliphatic rings. The van der Waals surface area contributed by atoms with Crippen molar-refractivity contribution in [2.24, 2.45) is 0 Å². The molecule has 0 spiro atoms. The molecule has 0 atom stereocenters. The van der Waals surface area contributed by atoms with Crippen LogP contribution in [0.15, 0.2) is 88.7 Å². The van der Waals surface area contributed by atoms with Gasteiger partial charge >= 0.3 is 0 Å². The van der Waals surface area contributed by atoms with Crippen molar-refractivity contribution in [2.75, 3.05) is 0 Å². The van der Waals surface area contributed by atoms with Gasteiger partial charge in [-0.15, -0.1) is 0 Å². The summed E-state index contributed by atoms with van der Waals surface area (Å²) in [6.07, 6.45) is 1.37. The zero-order valence-corrected chi connectivity index (χ0v) is 16.2. The van der Waals surface area contributed by atoms with Gasteiger partial charge in [0.25, 0.3) is 0 Å². The van der Waals surface area contributed by atoms with Gasteiger partial charge in [-0.25, -0.2) is 8.42 Å². The van der Waals surface area contributed by atoms with E-state index in [4.69, 9.17) is 4.74 Å². The van der Waals surface area contributed by atoms with Gasteiger partial charge in [-0.1, -0.05) is 60.2 Å². The van der Waals surface area contributed by atoms with Gasteiger partial charge in [-0.2, -0.15) is 5.26 Å². The molecular weight excluding hydrogens is 370 g/mol. The van der Waals surface area contributed by atoms with Crippen LogP contribution in [0, 0.1) is 18.3 Å². The number of hydrogen-bond acceptors (Lipinski definition) is 4. The lowest BCUT2D eigenvalue weighted by Crippen LogP contribution is -2.03. The summed E-state index contributed by atoms with van der Waals surface area (Å²) in [4.78, 5) is -0.201. The number of hydrogen-bond donors (Lipinski definition) is 0. The normalized spacial score (nSPS) is 11.6. The first-order valence-corrected chi connectivity index (χ1v) is 10.2. The maximum Gasteiger partial charge on any atom is 0.216 e. The van der Waals surface area contributed by atoms with E-state index in [1.165, 1.54) is 23.8 Å². The standard InChI is InChI=1S/C23H19NO3S/c1-18-7-9-20(10-8-18)17-27-21-13-11-19(12-14-21)15-23(16-24)28(25,26)22-5-3-2-4-6-22/h2-15H,17H2,1H3/b23-15+. The lowest BCUT2D eigenvalue weighted by atomic mass is 10.2. The van der Waals surface area contributed by atoms with Gasteiger partial charge in [0.1, 0.15) is 23.3 Å². The summed E-state index contributed by atoms with van der Waals surface area (Å²) >= 11 is 0. The molecule has 0 radical (unpaired) electrons. The van der Waals surface area contributed by atoms with Gasteiger partial charge in [0.15, 0.2) is 0 Å². The zero-order valence-electron chi connectivity index (χ0n) is 15.4. The Labute approximate surface area is 165 Å². The van der Waals surface area contributed by atoms with Gasteiger partial charge in [0, 0.05) is 0 Å². The topological polar surface area (TPSA) is 67.2 Å². The van der Waals surface area contributed by atoms with Crippen LogP contribution < -0.4 is 4.74 Å². The SMILES string of the molecule is Cc1ccc(COc2ccc(/C=C(\C#N)S(=O)(=O)c3ccccc3)cc2)cc1. The summed E-state index contributed by atoms with van der Waals surface area (Å²) in [7, 11) is -3.84. The highest BCUT2D eigenvalue weighted by molar-refractivity contribution is 7.95. The minimum absolute atomic E-state index is 0.0980.